The second kappa shape index (κ2) is 15.8. The second-order valence-corrected chi connectivity index (χ2v) is 10.8. The second-order valence-electron chi connectivity index (χ2n) is 10.8. The number of rotatable bonds is 6. The number of carbonyl (C=O) groups is 2. The summed E-state index contributed by atoms with van der Waals surface area (Å²) in [4.78, 5) is 25.2. The fourth-order valence-electron chi connectivity index (χ4n) is 4.97. The molecule has 0 aliphatic heterocycles. The standard InChI is InChI=1S/2C20H15N3O2/c21-13-14-6-11-18(19(24)12-14)23(20(22)25)17-9-7-16(8-10-17)15-4-2-1-3-5-15;21-13-14-6-11-18(19(24)12-14)23-20(25)22-17-9-7-16(8-10-17)15-4-2-1-3-5-15/h1-12,24H,(H2,22,25);1-12,24H,(H2,22,23,25). The van der Waals surface area contributed by atoms with Crippen LogP contribution in [0.4, 0.5) is 32.3 Å². The molecule has 0 atom stereocenters. The molecular formula is C40H30N6O4. The van der Waals surface area contributed by atoms with Crippen LogP contribution in [0.15, 0.2) is 146 Å². The maximum absolute atomic E-state index is 12.0. The number of nitrogens with two attached hydrogens (primary N) is 1. The third-order valence-corrected chi connectivity index (χ3v) is 7.42. The Labute approximate surface area is 288 Å². The molecule has 0 aliphatic rings. The highest BCUT2D eigenvalue weighted by Crippen LogP contribution is 2.34. The van der Waals surface area contributed by atoms with Crippen LogP contribution in [0.25, 0.3) is 22.3 Å². The van der Waals surface area contributed by atoms with Crippen LogP contribution in [0, 0.1) is 22.7 Å². The minimum absolute atomic E-state index is 0.159. The van der Waals surface area contributed by atoms with Crippen molar-refractivity contribution in [3.8, 4) is 45.9 Å². The first kappa shape index (κ1) is 33.8. The Kier molecular flexibility index (Phi) is 10.7. The molecular weight excluding hydrogens is 628 g/mol. The Balaban J connectivity index is 0.000000194. The van der Waals surface area contributed by atoms with Crippen molar-refractivity contribution in [2.24, 2.45) is 5.73 Å². The van der Waals surface area contributed by atoms with Crippen LogP contribution in [0.2, 0.25) is 0 Å². The molecule has 10 nitrogen and oxygen atoms in total. The number of primary amides is 1. The Morgan fingerprint density at radius 2 is 1.06 bits per heavy atom. The van der Waals surface area contributed by atoms with Gasteiger partial charge in [-0.3, -0.25) is 4.90 Å². The van der Waals surface area contributed by atoms with Gasteiger partial charge in [0.15, 0.2) is 0 Å². The highest BCUT2D eigenvalue weighted by atomic mass is 16.3. The lowest BCUT2D eigenvalue weighted by Crippen LogP contribution is -2.31. The molecule has 50 heavy (non-hydrogen) atoms. The molecule has 0 aromatic heterocycles. The Morgan fingerprint density at radius 1 is 0.580 bits per heavy atom. The van der Waals surface area contributed by atoms with E-state index in [1.807, 2.05) is 97.1 Å². The molecule has 0 bridgehead atoms. The third kappa shape index (κ3) is 8.42. The monoisotopic (exact) mass is 658 g/mol. The van der Waals surface area contributed by atoms with Gasteiger partial charge < -0.3 is 26.6 Å². The molecule has 244 valence electrons. The van der Waals surface area contributed by atoms with E-state index in [0.717, 1.165) is 22.3 Å². The van der Waals surface area contributed by atoms with Gasteiger partial charge >= 0.3 is 12.1 Å². The Bertz CT molecular complexity index is 2190. The first-order chi connectivity index (χ1) is 24.2. The Morgan fingerprint density at radius 3 is 1.54 bits per heavy atom. The number of nitrogens with zero attached hydrogens (tertiary/aromatic N) is 3. The van der Waals surface area contributed by atoms with Crippen molar-refractivity contribution in [1.82, 2.24) is 0 Å². The number of hydrogen-bond acceptors (Lipinski definition) is 6. The summed E-state index contributed by atoms with van der Waals surface area (Å²) in [5.41, 5.74) is 11.9. The normalized spacial score (nSPS) is 9.96. The largest absolute Gasteiger partial charge is 0.506 e. The van der Waals surface area contributed by atoms with Crippen molar-refractivity contribution in [3.05, 3.63) is 157 Å². The summed E-state index contributed by atoms with van der Waals surface area (Å²) in [6.45, 7) is 0. The van der Waals surface area contributed by atoms with E-state index in [1.165, 1.54) is 41.3 Å². The van der Waals surface area contributed by atoms with Crippen molar-refractivity contribution in [2.75, 3.05) is 15.5 Å². The van der Waals surface area contributed by atoms with E-state index < -0.39 is 12.1 Å². The topological polar surface area (TPSA) is 176 Å². The zero-order valence-corrected chi connectivity index (χ0v) is 26.5. The lowest BCUT2D eigenvalue weighted by Gasteiger charge is -2.22. The fourth-order valence-corrected chi connectivity index (χ4v) is 4.97. The van der Waals surface area contributed by atoms with Gasteiger partial charge in [0.1, 0.15) is 11.5 Å². The smallest absolute Gasteiger partial charge is 0.324 e. The molecule has 0 heterocycles. The van der Waals surface area contributed by atoms with Crippen molar-refractivity contribution in [3.63, 3.8) is 0 Å². The van der Waals surface area contributed by atoms with Gasteiger partial charge in [-0.1, -0.05) is 84.9 Å². The van der Waals surface area contributed by atoms with Gasteiger partial charge in [-0.25, -0.2) is 9.59 Å². The number of urea groups is 2. The molecule has 6 N–H and O–H groups in total. The first-order valence-electron chi connectivity index (χ1n) is 15.2. The molecule has 0 saturated carbocycles. The van der Waals surface area contributed by atoms with Crippen LogP contribution < -0.4 is 21.3 Å². The van der Waals surface area contributed by atoms with Crippen LogP contribution in [-0.2, 0) is 0 Å². The average molecular weight is 659 g/mol. The van der Waals surface area contributed by atoms with E-state index >= 15 is 0 Å². The summed E-state index contributed by atoms with van der Waals surface area (Å²) in [6, 6.07) is 45.7. The number of phenols is 2. The molecule has 4 amide bonds. The molecule has 6 rings (SSSR count). The number of benzene rings is 6. The predicted octanol–water partition coefficient (Wildman–Crippen LogP) is 8.72. The van der Waals surface area contributed by atoms with E-state index in [1.54, 1.807) is 24.3 Å². The predicted molar refractivity (Wildman–Crippen MR) is 194 cm³/mol. The van der Waals surface area contributed by atoms with Crippen LogP contribution in [0.5, 0.6) is 11.5 Å². The van der Waals surface area contributed by atoms with Crippen LogP contribution >= 0.6 is 0 Å². The Hall–Kier alpha value is -7.56. The minimum Gasteiger partial charge on any atom is -0.506 e. The summed E-state index contributed by atoms with van der Waals surface area (Å²) < 4.78 is 0. The molecule has 0 saturated heterocycles. The minimum atomic E-state index is -0.729. The zero-order valence-electron chi connectivity index (χ0n) is 26.5. The maximum atomic E-state index is 12.0. The lowest BCUT2D eigenvalue weighted by atomic mass is 10.1. The van der Waals surface area contributed by atoms with Gasteiger partial charge in [-0.05, 0) is 82.9 Å². The van der Waals surface area contributed by atoms with Gasteiger partial charge in [0.2, 0.25) is 0 Å². The molecule has 6 aromatic carbocycles. The van der Waals surface area contributed by atoms with E-state index in [-0.39, 0.29) is 22.9 Å². The fraction of sp³-hybridized carbons (Fsp3) is 0. The summed E-state index contributed by atoms with van der Waals surface area (Å²) >= 11 is 0. The highest BCUT2D eigenvalue weighted by molar-refractivity contribution is 6.01. The number of nitrogens with one attached hydrogen (secondary N) is 2. The van der Waals surface area contributed by atoms with E-state index in [4.69, 9.17) is 16.3 Å². The van der Waals surface area contributed by atoms with E-state index in [0.29, 0.717) is 22.5 Å². The summed E-state index contributed by atoms with van der Waals surface area (Å²) in [5.74, 6) is -0.349. The average Bonchev–Trinajstić information content (AvgIpc) is 3.14. The molecule has 0 radical (unpaired) electrons. The number of amides is 4. The molecule has 10 heteroatoms. The summed E-state index contributed by atoms with van der Waals surface area (Å²) in [5, 5.41) is 42.9. The van der Waals surface area contributed by atoms with Crippen molar-refractivity contribution < 1.29 is 19.8 Å². The summed E-state index contributed by atoms with van der Waals surface area (Å²) in [7, 11) is 0. The van der Waals surface area contributed by atoms with Gasteiger partial charge in [0, 0.05) is 5.69 Å². The van der Waals surface area contributed by atoms with Gasteiger partial charge in [0.05, 0.1) is 40.3 Å². The number of carbonyl (C=O) groups excluding carboxylic acids is 2. The van der Waals surface area contributed by atoms with Crippen molar-refractivity contribution in [2.45, 2.75) is 0 Å². The van der Waals surface area contributed by atoms with Gasteiger partial charge in [0.25, 0.3) is 0 Å². The number of aromatic hydroxyl groups is 2. The summed E-state index contributed by atoms with van der Waals surface area (Å²) in [6.07, 6.45) is 0. The first-order valence-corrected chi connectivity index (χ1v) is 15.2. The number of phenolic OH excluding ortho intramolecular Hbond substituents is 2. The molecule has 0 fully saturated rings. The number of anilines is 4. The zero-order chi connectivity index (χ0) is 35.5. The van der Waals surface area contributed by atoms with Crippen LogP contribution in [0.3, 0.4) is 0 Å². The quantitative estimate of drug-likeness (QED) is 0.112. The number of nitriles is 2. The third-order valence-electron chi connectivity index (χ3n) is 7.42. The van der Waals surface area contributed by atoms with Gasteiger partial charge in [-0.2, -0.15) is 10.5 Å². The molecule has 0 aliphatic carbocycles. The lowest BCUT2D eigenvalue weighted by molar-refractivity contribution is 0.255. The molecule has 0 spiro atoms. The van der Waals surface area contributed by atoms with Crippen LogP contribution in [-0.4, -0.2) is 22.3 Å². The van der Waals surface area contributed by atoms with E-state index in [2.05, 4.69) is 10.6 Å². The number of hydrogen-bond donors (Lipinski definition) is 5. The maximum Gasteiger partial charge on any atom is 0.324 e. The molecule has 0 unspecified atom stereocenters. The highest BCUT2D eigenvalue weighted by Gasteiger charge is 2.19. The van der Waals surface area contributed by atoms with E-state index in [9.17, 15) is 19.8 Å². The van der Waals surface area contributed by atoms with Crippen molar-refractivity contribution >= 4 is 34.8 Å². The molecule has 6 aromatic rings. The van der Waals surface area contributed by atoms with Crippen molar-refractivity contribution in [1.29, 1.82) is 10.5 Å². The van der Waals surface area contributed by atoms with Crippen LogP contribution in [0.1, 0.15) is 11.1 Å². The van der Waals surface area contributed by atoms with Gasteiger partial charge in [-0.15, -0.1) is 0 Å². The SMILES string of the molecule is N#Cc1ccc(N(C(N)=O)c2ccc(-c3ccccc3)cc2)c(O)c1.N#Cc1ccc(NC(=O)Nc2ccc(-c3ccccc3)cc2)c(O)c1.